The highest BCUT2D eigenvalue weighted by Gasteiger charge is 2.33. The second kappa shape index (κ2) is 7.58. The molecule has 0 fully saturated rings. The number of hydrogen-bond acceptors (Lipinski definition) is 5. The van der Waals surface area contributed by atoms with Gasteiger partial charge in [-0.25, -0.2) is 8.42 Å². The van der Waals surface area contributed by atoms with Crippen molar-refractivity contribution in [2.75, 3.05) is 7.11 Å². The number of ether oxygens (including phenoxy) is 1. The van der Waals surface area contributed by atoms with Crippen LogP contribution in [0.2, 0.25) is 0 Å². The standard InChI is InChI=1S/C24H21N3O4S/c1-15(28)16-3-4-19-13-27(14-21(19)9-16)32(29,30)24-8-6-18(11-23(24)31-2)17-5-7-22-20(10-17)12-25-26-22/h3-12H,13-14H2,1-2H3,(H,25,26). The largest absolute Gasteiger partial charge is 0.495 e. The van der Waals surface area contributed by atoms with Crippen molar-refractivity contribution in [2.24, 2.45) is 0 Å². The van der Waals surface area contributed by atoms with Crippen LogP contribution in [0.15, 0.2) is 65.7 Å². The molecule has 0 aliphatic carbocycles. The third-order valence-corrected chi connectivity index (χ3v) is 7.69. The molecule has 1 aliphatic heterocycles. The Morgan fingerprint density at radius 3 is 2.53 bits per heavy atom. The molecule has 8 heteroatoms. The summed E-state index contributed by atoms with van der Waals surface area (Å²) in [5, 5.41) is 7.93. The van der Waals surface area contributed by atoms with E-state index in [9.17, 15) is 13.2 Å². The Hall–Kier alpha value is -3.49. The monoisotopic (exact) mass is 447 g/mol. The summed E-state index contributed by atoms with van der Waals surface area (Å²) in [7, 11) is -2.33. The molecule has 0 radical (unpaired) electrons. The maximum atomic E-state index is 13.5. The number of H-pyrrole nitrogens is 1. The summed E-state index contributed by atoms with van der Waals surface area (Å²) < 4.78 is 33.8. The molecule has 0 spiro atoms. The normalized spacial score (nSPS) is 13.9. The Morgan fingerprint density at radius 2 is 1.75 bits per heavy atom. The number of carbonyl (C=O) groups is 1. The van der Waals surface area contributed by atoms with Crippen molar-refractivity contribution in [1.29, 1.82) is 0 Å². The first kappa shape index (κ1) is 20.4. The molecule has 0 saturated heterocycles. The van der Waals surface area contributed by atoms with Crippen LogP contribution in [0.4, 0.5) is 0 Å². The number of nitrogens with zero attached hydrogens (tertiary/aromatic N) is 2. The predicted octanol–water partition coefficient (Wildman–Crippen LogP) is 4.15. The van der Waals surface area contributed by atoms with E-state index in [1.165, 1.54) is 18.3 Å². The molecule has 0 saturated carbocycles. The van der Waals surface area contributed by atoms with Gasteiger partial charge in [0.2, 0.25) is 10.0 Å². The number of fused-ring (bicyclic) bond motifs is 2. The zero-order valence-electron chi connectivity index (χ0n) is 17.6. The van der Waals surface area contributed by atoms with Gasteiger partial charge in [0.25, 0.3) is 0 Å². The SMILES string of the molecule is COc1cc(-c2ccc3[nH]ncc3c2)ccc1S(=O)(=O)N1Cc2ccc(C(C)=O)cc2C1. The van der Waals surface area contributed by atoms with E-state index < -0.39 is 10.0 Å². The smallest absolute Gasteiger partial charge is 0.247 e. The lowest BCUT2D eigenvalue weighted by molar-refractivity contribution is 0.101. The van der Waals surface area contributed by atoms with Gasteiger partial charge in [-0.1, -0.05) is 24.3 Å². The Morgan fingerprint density at radius 1 is 1.00 bits per heavy atom. The van der Waals surface area contributed by atoms with Gasteiger partial charge in [0, 0.05) is 24.0 Å². The number of ketones is 1. The van der Waals surface area contributed by atoms with E-state index in [1.54, 1.807) is 36.5 Å². The molecule has 162 valence electrons. The number of aromatic nitrogens is 2. The van der Waals surface area contributed by atoms with Gasteiger partial charge < -0.3 is 4.74 Å². The highest BCUT2D eigenvalue weighted by atomic mass is 32.2. The summed E-state index contributed by atoms with van der Waals surface area (Å²) in [5.74, 6) is 0.246. The van der Waals surface area contributed by atoms with E-state index >= 15 is 0 Å². The van der Waals surface area contributed by atoms with E-state index in [2.05, 4.69) is 10.2 Å². The molecule has 3 aromatic carbocycles. The molecule has 5 rings (SSSR count). The summed E-state index contributed by atoms with van der Waals surface area (Å²) in [4.78, 5) is 11.8. The fourth-order valence-corrected chi connectivity index (χ4v) is 5.61. The molecular formula is C24H21N3O4S. The van der Waals surface area contributed by atoms with Gasteiger partial charge in [-0.05, 0) is 59.5 Å². The van der Waals surface area contributed by atoms with E-state index in [1.807, 2.05) is 24.3 Å². The number of hydrogen-bond donors (Lipinski definition) is 1. The molecule has 0 amide bonds. The van der Waals surface area contributed by atoms with E-state index in [0.717, 1.165) is 33.2 Å². The fraction of sp³-hybridized carbons (Fsp3) is 0.167. The molecule has 0 bridgehead atoms. The minimum Gasteiger partial charge on any atom is -0.495 e. The van der Waals surface area contributed by atoms with Crippen molar-refractivity contribution in [2.45, 2.75) is 24.9 Å². The molecule has 1 N–H and O–H groups in total. The topological polar surface area (TPSA) is 92.4 Å². The van der Waals surface area contributed by atoms with Crippen molar-refractivity contribution >= 4 is 26.7 Å². The highest BCUT2D eigenvalue weighted by molar-refractivity contribution is 7.89. The number of rotatable bonds is 5. The first-order chi connectivity index (χ1) is 15.4. The molecule has 1 aliphatic rings. The number of nitrogens with one attached hydrogen (secondary N) is 1. The van der Waals surface area contributed by atoms with E-state index in [0.29, 0.717) is 5.56 Å². The minimum atomic E-state index is -3.80. The maximum absolute atomic E-state index is 13.5. The highest BCUT2D eigenvalue weighted by Crippen LogP contribution is 2.36. The van der Waals surface area contributed by atoms with Gasteiger partial charge in [-0.2, -0.15) is 9.40 Å². The summed E-state index contributed by atoms with van der Waals surface area (Å²) in [6, 6.07) is 16.3. The van der Waals surface area contributed by atoms with Gasteiger partial charge in [0.15, 0.2) is 5.78 Å². The van der Waals surface area contributed by atoms with E-state index in [4.69, 9.17) is 4.74 Å². The lowest BCUT2D eigenvalue weighted by Crippen LogP contribution is -2.26. The van der Waals surface area contributed by atoms with Crippen molar-refractivity contribution in [3.8, 4) is 16.9 Å². The molecule has 0 atom stereocenters. The van der Waals surface area contributed by atoms with Gasteiger partial charge >= 0.3 is 0 Å². The predicted molar refractivity (Wildman–Crippen MR) is 121 cm³/mol. The lowest BCUT2D eigenvalue weighted by atomic mass is 10.0. The van der Waals surface area contributed by atoms with Crippen LogP contribution in [-0.2, 0) is 23.1 Å². The lowest BCUT2D eigenvalue weighted by Gasteiger charge is -2.18. The van der Waals surface area contributed by atoms with Gasteiger partial charge in [0.05, 0.1) is 18.8 Å². The quantitative estimate of drug-likeness (QED) is 0.464. The summed E-state index contributed by atoms with van der Waals surface area (Å²) >= 11 is 0. The number of carbonyl (C=O) groups excluding carboxylic acids is 1. The summed E-state index contributed by atoms with van der Waals surface area (Å²) in [5.41, 5.74) is 5.06. The number of benzene rings is 3. The van der Waals surface area contributed by atoms with Crippen LogP contribution >= 0.6 is 0 Å². The van der Waals surface area contributed by atoms with Gasteiger partial charge in [-0.15, -0.1) is 0 Å². The Kier molecular flexibility index (Phi) is 4.83. The maximum Gasteiger partial charge on any atom is 0.247 e. The molecule has 4 aromatic rings. The molecular weight excluding hydrogens is 426 g/mol. The second-order valence-electron chi connectivity index (χ2n) is 7.85. The van der Waals surface area contributed by atoms with Crippen LogP contribution < -0.4 is 4.74 Å². The van der Waals surface area contributed by atoms with Crippen LogP contribution in [0.25, 0.3) is 22.0 Å². The van der Waals surface area contributed by atoms with Gasteiger partial charge in [-0.3, -0.25) is 9.89 Å². The number of sulfonamides is 1. The zero-order chi connectivity index (χ0) is 22.5. The van der Waals surface area contributed by atoms with Crippen LogP contribution in [-0.4, -0.2) is 35.8 Å². The molecule has 7 nitrogen and oxygen atoms in total. The third kappa shape index (κ3) is 3.37. The minimum absolute atomic E-state index is 0.0417. The first-order valence-electron chi connectivity index (χ1n) is 10.1. The van der Waals surface area contributed by atoms with E-state index in [-0.39, 0.29) is 29.5 Å². The number of Topliss-reactive ketones (excluding diaryl/α,β-unsaturated/α-hetero) is 1. The first-order valence-corrected chi connectivity index (χ1v) is 11.6. The molecule has 0 unspecified atom stereocenters. The fourth-order valence-electron chi connectivity index (χ4n) is 4.07. The Bertz CT molecular complexity index is 1470. The number of methoxy groups -OCH3 is 1. The molecule has 2 heterocycles. The van der Waals surface area contributed by atoms with Crippen molar-refractivity contribution in [3.05, 3.63) is 77.5 Å². The van der Waals surface area contributed by atoms with Crippen molar-refractivity contribution < 1.29 is 17.9 Å². The van der Waals surface area contributed by atoms with Crippen molar-refractivity contribution in [1.82, 2.24) is 14.5 Å². The van der Waals surface area contributed by atoms with Crippen LogP contribution in [0.1, 0.15) is 28.4 Å². The van der Waals surface area contributed by atoms with Crippen LogP contribution in [0, 0.1) is 0 Å². The molecule has 32 heavy (non-hydrogen) atoms. The van der Waals surface area contributed by atoms with Gasteiger partial charge in [0.1, 0.15) is 10.6 Å². The average Bonchev–Trinajstić information content (AvgIpc) is 3.44. The molecule has 1 aromatic heterocycles. The van der Waals surface area contributed by atoms with Crippen LogP contribution in [0.3, 0.4) is 0 Å². The second-order valence-corrected chi connectivity index (χ2v) is 9.76. The van der Waals surface area contributed by atoms with Crippen LogP contribution in [0.5, 0.6) is 5.75 Å². The van der Waals surface area contributed by atoms with Crippen molar-refractivity contribution in [3.63, 3.8) is 0 Å². The Labute approximate surface area is 185 Å². The number of aromatic amines is 1. The third-order valence-electron chi connectivity index (χ3n) is 5.86. The summed E-state index contributed by atoms with van der Waals surface area (Å²) in [6.07, 6.45) is 1.75. The zero-order valence-corrected chi connectivity index (χ0v) is 18.4. The average molecular weight is 448 g/mol. The Balaban J connectivity index is 1.49. The summed E-state index contributed by atoms with van der Waals surface area (Å²) in [6.45, 7) is 1.99.